The molecule has 1 rings (SSSR count). The zero-order valence-electron chi connectivity index (χ0n) is 12.2. The van der Waals surface area contributed by atoms with Gasteiger partial charge in [0.05, 0.1) is 24.3 Å². The second-order valence-corrected chi connectivity index (χ2v) is 4.63. The van der Waals surface area contributed by atoms with Crippen molar-refractivity contribution in [3.8, 4) is 5.75 Å². The van der Waals surface area contributed by atoms with Crippen LogP contribution >= 0.6 is 0 Å². The summed E-state index contributed by atoms with van der Waals surface area (Å²) in [5.41, 5.74) is 6.48. The molecule has 1 aromatic rings. The normalized spacial score (nSPS) is 13.2. The van der Waals surface area contributed by atoms with Crippen LogP contribution in [0.1, 0.15) is 24.2 Å². The lowest BCUT2D eigenvalue weighted by Gasteiger charge is -2.17. The maximum atomic E-state index is 12.0. The van der Waals surface area contributed by atoms with E-state index in [1.54, 1.807) is 32.0 Å². The highest BCUT2D eigenvalue weighted by atomic mass is 16.5. The van der Waals surface area contributed by atoms with Crippen LogP contribution in [0.4, 0.5) is 5.69 Å². The van der Waals surface area contributed by atoms with E-state index in [0.717, 1.165) is 0 Å². The van der Waals surface area contributed by atoms with E-state index in [4.69, 9.17) is 10.5 Å². The predicted molar refractivity (Wildman–Crippen MR) is 77.8 cm³/mol. The molecule has 0 saturated carbocycles. The van der Waals surface area contributed by atoms with Crippen molar-refractivity contribution >= 4 is 17.5 Å². The van der Waals surface area contributed by atoms with Gasteiger partial charge in [-0.15, -0.1) is 0 Å². The SMILES string of the molecule is CNC(=O)c1cc(OC)ccc1NC(=O)C(C)C(C)N. The second-order valence-electron chi connectivity index (χ2n) is 4.63. The molecule has 0 spiro atoms. The Balaban J connectivity index is 3.05. The number of carbonyl (C=O) groups is 2. The van der Waals surface area contributed by atoms with Crippen molar-refractivity contribution in [2.75, 3.05) is 19.5 Å². The van der Waals surface area contributed by atoms with Crippen LogP contribution in [-0.2, 0) is 4.79 Å². The van der Waals surface area contributed by atoms with Crippen molar-refractivity contribution in [3.05, 3.63) is 23.8 Å². The topological polar surface area (TPSA) is 93.5 Å². The zero-order chi connectivity index (χ0) is 15.3. The van der Waals surface area contributed by atoms with Gasteiger partial charge in [-0.1, -0.05) is 6.92 Å². The molecule has 0 radical (unpaired) electrons. The number of nitrogens with one attached hydrogen (secondary N) is 2. The third-order valence-electron chi connectivity index (χ3n) is 3.16. The van der Waals surface area contributed by atoms with Gasteiger partial charge in [-0.2, -0.15) is 0 Å². The fraction of sp³-hybridized carbons (Fsp3) is 0.429. The zero-order valence-corrected chi connectivity index (χ0v) is 12.2. The Labute approximate surface area is 118 Å². The van der Waals surface area contributed by atoms with E-state index in [-0.39, 0.29) is 23.8 Å². The molecule has 6 nitrogen and oxygen atoms in total. The maximum absolute atomic E-state index is 12.0. The van der Waals surface area contributed by atoms with Gasteiger partial charge in [0.1, 0.15) is 5.75 Å². The average molecular weight is 279 g/mol. The highest BCUT2D eigenvalue weighted by molar-refractivity contribution is 6.04. The van der Waals surface area contributed by atoms with Gasteiger partial charge < -0.3 is 21.1 Å². The molecule has 0 fully saturated rings. The average Bonchev–Trinajstić information content (AvgIpc) is 2.45. The summed E-state index contributed by atoms with van der Waals surface area (Å²) in [7, 11) is 3.04. The van der Waals surface area contributed by atoms with Crippen molar-refractivity contribution in [2.45, 2.75) is 19.9 Å². The number of hydrogen-bond donors (Lipinski definition) is 3. The van der Waals surface area contributed by atoms with Crippen molar-refractivity contribution in [3.63, 3.8) is 0 Å². The third-order valence-corrected chi connectivity index (χ3v) is 3.16. The summed E-state index contributed by atoms with van der Waals surface area (Å²) in [6.07, 6.45) is 0. The molecule has 2 unspecified atom stereocenters. The molecular formula is C14H21N3O3. The first-order chi connectivity index (χ1) is 9.40. The smallest absolute Gasteiger partial charge is 0.253 e. The minimum atomic E-state index is -0.352. The Kier molecular flexibility index (Phi) is 5.52. The van der Waals surface area contributed by atoms with Gasteiger partial charge in [0.2, 0.25) is 5.91 Å². The van der Waals surface area contributed by atoms with Gasteiger partial charge in [-0.05, 0) is 25.1 Å². The first kappa shape index (κ1) is 16.0. The first-order valence-electron chi connectivity index (χ1n) is 6.37. The number of rotatable bonds is 5. The van der Waals surface area contributed by atoms with Gasteiger partial charge in [-0.25, -0.2) is 0 Å². The minimum Gasteiger partial charge on any atom is -0.497 e. The molecule has 0 aliphatic heterocycles. The van der Waals surface area contributed by atoms with E-state index in [0.29, 0.717) is 17.0 Å². The van der Waals surface area contributed by atoms with Crippen LogP contribution < -0.4 is 21.1 Å². The molecule has 0 aliphatic rings. The summed E-state index contributed by atoms with van der Waals surface area (Å²) < 4.78 is 5.08. The van der Waals surface area contributed by atoms with E-state index in [1.165, 1.54) is 14.2 Å². The van der Waals surface area contributed by atoms with E-state index in [9.17, 15) is 9.59 Å². The third kappa shape index (κ3) is 3.71. The number of anilines is 1. The molecule has 1 aromatic carbocycles. The highest BCUT2D eigenvalue weighted by Crippen LogP contribution is 2.22. The van der Waals surface area contributed by atoms with Crippen LogP contribution in [0.5, 0.6) is 5.75 Å². The van der Waals surface area contributed by atoms with Crippen LogP contribution in [0, 0.1) is 5.92 Å². The van der Waals surface area contributed by atoms with Crippen LogP contribution in [0.25, 0.3) is 0 Å². The second kappa shape index (κ2) is 6.91. The van der Waals surface area contributed by atoms with E-state index >= 15 is 0 Å². The molecule has 2 amide bonds. The minimum absolute atomic E-state index is 0.227. The van der Waals surface area contributed by atoms with Crippen LogP contribution in [-0.4, -0.2) is 32.0 Å². The number of benzene rings is 1. The molecule has 2 atom stereocenters. The standard InChI is InChI=1S/C14H21N3O3/c1-8(9(2)15)13(18)17-12-6-5-10(20-4)7-11(12)14(19)16-3/h5-9H,15H2,1-4H3,(H,16,19)(H,17,18). The molecule has 110 valence electrons. The van der Waals surface area contributed by atoms with E-state index < -0.39 is 0 Å². The van der Waals surface area contributed by atoms with Gasteiger partial charge in [0, 0.05) is 13.1 Å². The molecular weight excluding hydrogens is 258 g/mol. The Hall–Kier alpha value is -2.08. The first-order valence-corrected chi connectivity index (χ1v) is 6.37. The van der Waals surface area contributed by atoms with Crippen molar-refractivity contribution < 1.29 is 14.3 Å². The number of methoxy groups -OCH3 is 1. The lowest BCUT2D eigenvalue weighted by molar-refractivity contribution is -0.119. The van der Waals surface area contributed by atoms with Gasteiger partial charge in [0.15, 0.2) is 0 Å². The van der Waals surface area contributed by atoms with E-state index in [1.807, 2.05) is 0 Å². The van der Waals surface area contributed by atoms with Gasteiger partial charge >= 0.3 is 0 Å². The Morgan fingerprint density at radius 3 is 2.45 bits per heavy atom. The number of nitrogens with two attached hydrogens (primary N) is 1. The summed E-state index contributed by atoms with van der Waals surface area (Å²) in [6, 6.07) is 4.62. The monoisotopic (exact) mass is 279 g/mol. The van der Waals surface area contributed by atoms with E-state index in [2.05, 4.69) is 10.6 Å². The number of carbonyl (C=O) groups excluding carboxylic acids is 2. The lowest BCUT2D eigenvalue weighted by Crippen LogP contribution is -2.35. The number of amides is 2. The fourth-order valence-electron chi connectivity index (χ4n) is 1.57. The molecule has 0 saturated heterocycles. The largest absolute Gasteiger partial charge is 0.497 e. The summed E-state index contributed by atoms with van der Waals surface area (Å²) >= 11 is 0. The Morgan fingerprint density at radius 2 is 1.95 bits per heavy atom. The molecule has 4 N–H and O–H groups in total. The fourth-order valence-corrected chi connectivity index (χ4v) is 1.57. The summed E-state index contributed by atoms with van der Waals surface area (Å²) in [4.78, 5) is 23.9. The van der Waals surface area contributed by atoms with Crippen molar-refractivity contribution in [1.82, 2.24) is 5.32 Å². The summed E-state index contributed by atoms with van der Waals surface area (Å²) in [5, 5.41) is 5.25. The Morgan fingerprint density at radius 1 is 1.30 bits per heavy atom. The molecule has 6 heteroatoms. The molecule has 0 bridgehead atoms. The van der Waals surface area contributed by atoms with Crippen LogP contribution in [0.15, 0.2) is 18.2 Å². The summed E-state index contributed by atoms with van der Waals surface area (Å²) in [6.45, 7) is 3.50. The van der Waals surface area contributed by atoms with Gasteiger partial charge in [0.25, 0.3) is 5.91 Å². The molecule has 20 heavy (non-hydrogen) atoms. The number of ether oxygens (including phenoxy) is 1. The van der Waals surface area contributed by atoms with Crippen molar-refractivity contribution in [1.29, 1.82) is 0 Å². The quantitative estimate of drug-likeness (QED) is 0.749. The lowest BCUT2D eigenvalue weighted by atomic mass is 10.0. The summed E-state index contributed by atoms with van der Waals surface area (Å²) in [5.74, 6) is -0.334. The Bertz CT molecular complexity index is 500. The molecule has 0 heterocycles. The van der Waals surface area contributed by atoms with Crippen LogP contribution in [0.3, 0.4) is 0 Å². The van der Waals surface area contributed by atoms with Crippen molar-refractivity contribution in [2.24, 2.45) is 11.7 Å². The van der Waals surface area contributed by atoms with Gasteiger partial charge in [-0.3, -0.25) is 9.59 Å². The molecule has 0 aliphatic carbocycles. The highest BCUT2D eigenvalue weighted by Gasteiger charge is 2.20. The predicted octanol–water partition coefficient (Wildman–Crippen LogP) is 0.977. The molecule has 0 aromatic heterocycles. The van der Waals surface area contributed by atoms with Crippen LogP contribution in [0.2, 0.25) is 0 Å². The number of hydrogen-bond acceptors (Lipinski definition) is 4. The maximum Gasteiger partial charge on any atom is 0.253 e.